The summed E-state index contributed by atoms with van der Waals surface area (Å²) in [5.74, 6) is 0. The highest BCUT2D eigenvalue weighted by atomic mass is 32.1. The second-order valence-electron chi connectivity index (χ2n) is 3.39. The molecule has 0 saturated carbocycles. The quantitative estimate of drug-likeness (QED) is 0.736. The molecule has 4 heteroatoms. The van der Waals surface area contributed by atoms with Gasteiger partial charge >= 0.3 is 5.69 Å². The first kappa shape index (κ1) is 9.27. The molecule has 74 valence electrons. The fourth-order valence-corrected chi connectivity index (χ4v) is 2.11. The number of aromatic nitrogens is 2. The molecule has 0 amide bonds. The van der Waals surface area contributed by atoms with E-state index in [-0.39, 0.29) is 5.69 Å². The van der Waals surface area contributed by atoms with Crippen molar-refractivity contribution in [3.05, 3.63) is 44.8 Å². The minimum Gasteiger partial charge on any atom is -0.302 e. The summed E-state index contributed by atoms with van der Waals surface area (Å²) in [5, 5.41) is 2.09. The summed E-state index contributed by atoms with van der Waals surface area (Å²) in [7, 11) is 1.76. The zero-order chi connectivity index (χ0) is 10.1. The second kappa shape index (κ2) is 3.46. The maximum Gasteiger partial charge on any atom is 0.328 e. The van der Waals surface area contributed by atoms with E-state index in [1.165, 1.54) is 10.4 Å². The molecular formula is C10H12N2OS. The molecular weight excluding hydrogens is 196 g/mol. The van der Waals surface area contributed by atoms with Gasteiger partial charge in [-0.1, -0.05) is 0 Å². The van der Waals surface area contributed by atoms with Crippen LogP contribution in [0.3, 0.4) is 0 Å². The zero-order valence-corrected chi connectivity index (χ0v) is 9.04. The number of aryl methyl sites for hydroxylation is 2. The van der Waals surface area contributed by atoms with Crippen LogP contribution in [0, 0.1) is 6.92 Å². The number of hydrogen-bond donors (Lipinski definition) is 0. The highest BCUT2D eigenvalue weighted by Crippen LogP contribution is 2.13. The van der Waals surface area contributed by atoms with E-state index in [9.17, 15) is 4.79 Å². The van der Waals surface area contributed by atoms with Crippen LogP contribution >= 0.6 is 11.3 Å². The number of imidazole rings is 1. The molecule has 0 unspecified atom stereocenters. The van der Waals surface area contributed by atoms with Gasteiger partial charge in [-0.25, -0.2) is 4.79 Å². The Morgan fingerprint density at radius 2 is 2.21 bits per heavy atom. The predicted octanol–water partition coefficient (Wildman–Crippen LogP) is 1.61. The normalized spacial score (nSPS) is 10.7. The van der Waals surface area contributed by atoms with E-state index in [0.717, 1.165) is 0 Å². The van der Waals surface area contributed by atoms with Gasteiger partial charge in [-0.2, -0.15) is 0 Å². The van der Waals surface area contributed by atoms with E-state index in [1.807, 2.05) is 6.20 Å². The molecule has 2 aromatic heterocycles. The highest BCUT2D eigenvalue weighted by Gasteiger charge is 2.01. The van der Waals surface area contributed by atoms with E-state index in [2.05, 4.69) is 18.4 Å². The van der Waals surface area contributed by atoms with Crippen molar-refractivity contribution in [2.45, 2.75) is 13.5 Å². The van der Waals surface area contributed by atoms with Crippen LogP contribution in [0.1, 0.15) is 10.4 Å². The van der Waals surface area contributed by atoms with Gasteiger partial charge in [0.15, 0.2) is 0 Å². The molecule has 2 heterocycles. The van der Waals surface area contributed by atoms with Crippen LogP contribution in [0.15, 0.2) is 28.6 Å². The van der Waals surface area contributed by atoms with E-state index < -0.39 is 0 Å². The fraction of sp³-hybridized carbons (Fsp3) is 0.300. The molecule has 2 rings (SSSR count). The second-order valence-corrected chi connectivity index (χ2v) is 4.50. The van der Waals surface area contributed by atoms with E-state index in [0.29, 0.717) is 6.54 Å². The third-order valence-electron chi connectivity index (χ3n) is 2.16. The Morgan fingerprint density at radius 1 is 1.43 bits per heavy atom. The Bertz CT molecular complexity index is 492. The van der Waals surface area contributed by atoms with Gasteiger partial charge in [0.2, 0.25) is 0 Å². The SMILES string of the molecule is Cc1cc(Cn2ccn(C)c2=O)cs1. The molecule has 0 bridgehead atoms. The fourth-order valence-electron chi connectivity index (χ4n) is 1.41. The average molecular weight is 208 g/mol. The van der Waals surface area contributed by atoms with Crippen LogP contribution in [0.4, 0.5) is 0 Å². The van der Waals surface area contributed by atoms with Crippen molar-refractivity contribution in [1.82, 2.24) is 9.13 Å². The largest absolute Gasteiger partial charge is 0.328 e. The van der Waals surface area contributed by atoms with Crippen molar-refractivity contribution in [1.29, 1.82) is 0 Å². The van der Waals surface area contributed by atoms with Gasteiger partial charge in [-0.05, 0) is 23.9 Å². The molecule has 0 spiro atoms. The van der Waals surface area contributed by atoms with Crippen LogP contribution < -0.4 is 5.69 Å². The monoisotopic (exact) mass is 208 g/mol. The van der Waals surface area contributed by atoms with Crippen molar-refractivity contribution in [3.63, 3.8) is 0 Å². The van der Waals surface area contributed by atoms with Crippen molar-refractivity contribution < 1.29 is 0 Å². The Kier molecular flexibility index (Phi) is 2.29. The van der Waals surface area contributed by atoms with Crippen molar-refractivity contribution in [3.8, 4) is 0 Å². The minimum absolute atomic E-state index is 0.0360. The Morgan fingerprint density at radius 3 is 2.71 bits per heavy atom. The Balaban J connectivity index is 2.27. The van der Waals surface area contributed by atoms with E-state index >= 15 is 0 Å². The molecule has 0 fully saturated rings. The van der Waals surface area contributed by atoms with Gasteiger partial charge < -0.3 is 4.57 Å². The zero-order valence-electron chi connectivity index (χ0n) is 8.23. The van der Waals surface area contributed by atoms with Crippen molar-refractivity contribution in [2.75, 3.05) is 0 Å². The van der Waals surface area contributed by atoms with Crippen LogP contribution in [0.25, 0.3) is 0 Å². The summed E-state index contributed by atoms with van der Waals surface area (Å²) in [5.41, 5.74) is 1.23. The number of nitrogens with zero attached hydrogens (tertiary/aromatic N) is 2. The smallest absolute Gasteiger partial charge is 0.302 e. The standard InChI is InChI=1S/C10H12N2OS/c1-8-5-9(7-14-8)6-12-4-3-11(2)10(12)13/h3-5,7H,6H2,1-2H3. The van der Waals surface area contributed by atoms with Gasteiger partial charge in [0.1, 0.15) is 0 Å². The third-order valence-corrected chi connectivity index (χ3v) is 3.07. The molecule has 14 heavy (non-hydrogen) atoms. The van der Waals surface area contributed by atoms with Gasteiger partial charge in [-0.3, -0.25) is 4.57 Å². The molecule has 0 radical (unpaired) electrons. The summed E-state index contributed by atoms with van der Waals surface area (Å²) in [6, 6.07) is 2.12. The molecule has 0 saturated heterocycles. The summed E-state index contributed by atoms with van der Waals surface area (Å²) in [4.78, 5) is 12.8. The Labute approximate surface area is 86.2 Å². The molecule has 0 aromatic carbocycles. The molecule has 0 N–H and O–H groups in total. The van der Waals surface area contributed by atoms with Gasteiger partial charge in [-0.15, -0.1) is 11.3 Å². The molecule has 3 nitrogen and oxygen atoms in total. The lowest BCUT2D eigenvalue weighted by atomic mass is 10.3. The maximum atomic E-state index is 11.5. The first-order chi connectivity index (χ1) is 6.66. The summed E-state index contributed by atoms with van der Waals surface area (Å²) < 4.78 is 3.29. The summed E-state index contributed by atoms with van der Waals surface area (Å²) in [6.45, 7) is 2.74. The van der Waals surface area contributed by atoms with Crippen LogP contribution in [0.2, 0.25) is 0 Å². The first-order valence-corrected chi connectivity index (χ1v) is 5.30. The number of thiophene rings is 1. The van der Waals surface area contributed by atoms with Crippen LogP contribution in [-0.4, -0.2) is 9.13 Å². The highest BCUT2D eigenvalue weighted by molar-refractivity contribution is 7.10. The number of rotatable bonds is 2. The lowest BCUT2D eigenvalue weighted by Gasteiger charge is -1.97. The lowest BCUT2D eigenvalue weighted by molar-refractivity contribution is 0.719. The van der Waals surface area contributed by atoms with E-state index in [1.54, 1.807) is 33.7 Å². The summed E-state index contributed by atoms with van der Waals surface area (Å²) in [6.07, 6.45) is 3.59. The van der Waals surface area contributed by atoms with Crippen molar-refractivity contribution >= 4 is 11.3 Å². The topological polar surface area (TPSA) is 26.9 Å². The summed E-state index contributed by atoms with van der Waals surface area (Å²) >= 11 is 1.71. The maximum absolute atomic E-state index is 11.5. The third kappa shape index (κ3) is 1.65. The number of hydrogen-bond acceptors (Lipinski definition) is 2. The Hall–Kier alpha value is -1.29. The van der Waals surface area contributed by atoms with Gasteiger partial charge in [0.25, 0.3) is 0 Å². The van der Waals surface area contributed by atoms with Gasteiger partial charge in [0.05, 0.1) is 6.54 Å². The lowest BCUT2D eigenvalue weighted by Crippen LogP contribution is -2.22. The predicted molar refractivity (Wildman–Crippen MR) is 57.8 cm³/mol. The molecule has 0 aliphatic heterocycles. The van der Waals surface area contributed by atoms with Crippen LogP contribution in [-0.2, 0) is 13.6 Å². The average Bonchev–Trinajstić information content (AvgIpc) is 2.67. The minimum atomic E-state index is 0.0360. The van der Waals surface area contributed by atoms with Gasteiger partial charge in [0, 0.05) is 24.3 Å². The first-order valence-electron chi connectivity index (χ1n) is 4.42. The molecule has 2 aromatic rings. The molecule has 0 aliphatic carbocycles. The molecule has 0 aliphatic rings. The molecule has 0 atom stereocenters. The van der Waals surface area contributed by atoms with Crippen molar-refractivity contribution in [2.24, 2.45) is 7.05 Å². The van der Waals surface area contributed by atoms with E-state index in [4.69, 9.17) is 0 Å². The van der Waals surface area contributed by atoms with Crippen LogP contribution in [0.5, 0.6) is 0 Å².